The van der Waals surface area contributed by atoms with Crippen molar-refractivity contribution in [1.82, 2.24) is 4.90 Å². The van der Waals surface area contributed by atoms with Crippen molar-refractivity contribution in [3.63, 3.8) is 0 Å². The molecule has 0 bridgehead atoms. The van der Waals surface area contributed by atoms with Crippen molar-refractivity contribution in [3.8, 4) is 6.07 Å². The summed E-state index contributed by atoms with van der Waals surface area (Å²) < 4.78 is 5.67. The minimum absolute atomic E-state index is 0.0853. The number of carbonyl (C=O) groups is 1. The lowest BCUT2D eigenvalue weighted by atomic mass is 10.0. The van der Waals surface area contributed by atoms with Gasteiger partial charge in [-0.3, -0.25) is 4.79 Å². The average Bonchev–Trinajstić information content (AvgIpc) is 3.04. The predicted octanol–water partition coefficient (Wildman–Crippen LogP) is 4.90. The van der Waals surface area contributed by atoms with Crippen LogP contribution in [0.15, 0.2) is 47.1 Å². The molecule has 0 aliphatic carbocycles. The molecule has 0 radical (unpaired) electrons. The molecule has 0 spiro atoms. The van der Waals surface area contributed by atoms with Crippen LogP contribution in [0.5, 0.6) is 0 Å². The Morgan fingerprint density at radius 1 is 1.15 bits per heavy atom. The fourth-order valence-electron chi connectivity index (χ4n) is 3.21. The first kappa shape index (κ1) is 18.7. The van der Waals surface area contributed by atoms with Gasteiger partial charge in [0.2, 0.25) is 5.91 Å². The van der Waals surface area contributed by atoms with Gasteiger partial charge in [0.05, 0.1) is 24.3 Å². The smallest absolute Gasteiger partial charge is 0.227 e. The second-order valence-corrected chi connectivity index (χ2v) is 6.99. The standard InChI is InChI=1S/C23H24N2O2/c1-4-9-25(14-19-7-5-18(13-24)6-8-19)23(26)12-20-15-27-22-11-17(3)16(2)10-21(20)22/h5-8,10-11,15H,4,9,12,14H2,1-3H3. The van der Waals surface area contributed by atoms with Crippen molar-refractivity contribution < 1.29 is 9.21 Å². The maximum absolute atomic E-state index is 13.0. The third-order valence-electron chi connectivity index (χ3n) is 4.91. The number of hydrogen-bond acceptors (Lipinski definition) is 3. The first-order valence-corrected chi connectivity index (χ1v) is 9.26. The molecule has 3 rings (SSSR count). The molecule has 0 saturated carbocycles. The van der Waals surface area contributed by atoms with Gasteiger partial charge in [0.1, 0.15) is 5.58 Å². The number of aryl methyl sites for hydroxylation is 2. The Morgan fingerprint density at radius 2 is 1.85 bits per heavy atom. The van der Waals surface area contributed by atoms with Crippen LogP contribution >= 0.6 is 0 Å². The highest BCUT2D eigenvalue weighted by Gasteiger charge is 2.17. The first-order chi connectivity index (χ1) is 13.0. The summed E-state index contributed by atoms with van der Waals surface area (Å²) in [5.41, 5.74) is 5.79. The van der Waals surface area contributed by atoms with Crippen LogP contribution in [-0.2, 0) is 17.8 Å². The Labute approximate surface area is 160 Å². The zero-order valence-electron chi connectivity index (χ0n) is 16.1. The Balaban J connectivity index is 1.79. The summed E-state index contributed by atoms with van der Waals surface area (Å²) in [6, 6.07) is 13.6. The summed E-state index contributed by atoms with van der Waals surface area (Å²) in [7, 11) is 0. The van der Waals surface area contributed by atoms with Gasteiger partial charge in [0, 0.05) is 24.0 Å². The number of nitriles is 1. The minimum Gasteiger partial charge on any atom is -0.464 e. The van der Waals surface area contributed by atoms with E-state index in [0.717, 1.165) is 28.5 Å². The average molecular weight is 360 g/mol. The summed E-state index contributed by atoms with van der Waals surface area (Å²) >= 11 is 0. The van der Waals surface area contributed by atoms with Gasteiger partial charge in [0.15, 0.2) is 0 Å². The lowest BCUT2D eigenvalue weighted by Crippen LogP contribution is -2.32. The van der Waals surface area contributed by atoms with Crippen LogP contribution in [0.3, 0.4) is 0 Å². The number of nitrogens with zero attached hydrogens (tertiary/aromatic N) is 2. The van der Waals surface area contributed by atoms with Crippen molar-refractivity contribution in [2.24, 2.45) is 0 Å². The molecule has 0 atom stereocenters. The number of furan rings is 1. The number of benzene rings is 2. The van der Waals surface area contributed by atoms with E-state index < -0.39 is 0 Å². The van der Waals surface area contributed by atoms with Crippen LogP contribution in [0, 0.1) is 25.2 Å². The summed E-state index contributed by atoms with van der Waals surface area (Å²) in [6.45, 7) is 7.45. The Morgan fingerprint density at radius 3 is 2.52 bits per heavy atom. The van der Waals surface area contributed by atoms with Crippen LogP contribution in [0.1, 0.15) is 41.2 Å². The molecule has 0 unspecified atom stereocenters. The molecule has 1 heterocycles. The lowest BCUT2D eigenvalue weighted by molar-refractivity contribution is -0.131. The molecule has 0 fully saturated rings. The van der Waals surface area contributed by atoms with Crippen LogP contribution in [0.4, 0.5) is 0 Å². The highest BCUT2D eigenvalue weighted by molar-refractivity contribution is 5.88. The van der Waals surface area contributed by atoms with Gasteiger partial charge in [-0.25, -0.2) is 0 Å². The van der Waals surface area contributed by atoms with Crippen LogP contribution in [0.2, 0.25) is 0 Å². The molecule has 4 heteroatoms. The van der Waals surface area contributed by atoms with Gasteiger partial charge < -0.3 is 9.32 Å². The van der Waals surface area contributed by atoms with Gasteiger partial charge in [0.25, 0.3) is 0 Å². The summed E-state index contributed by atoms with van der Waals surface area (Å²) in [5, 5.41) is 9.94. The molecular formula is C23H24N2O2. The number of rotatable bonds is 6. The molecule has 1 amide bonds. The maximum atomic E-state index is 13.0. The molecule has 2 aromatic carbocycles. The molecule has 138 valence electrons. The van der Waals surface area contributed by atoms with Crippen molar-refractivity contribution in [3.05, 3.63) is 70.5 Å². The summed E-state index contributed by atoms with van der Waals surface area (Å²) in [6.07, 6.45) is 2.92. The highest BCUT2D eigenvalue weighted by Crippen LogP contribution is 2.25. The molecule has 4 nitrogen and oxygen atoms in total. The third-order valence-corrected chi connectivity index (χ3v) is 4.91. The second kappa shape index (κ2) is 8.09. The topological polar surface area (TPSA) is 57.2 Å². The van der Waals surface area contributed by atoms with Crippen molar-refractivity contribution in [1.29, 1.82) is 5.26 Å². The number of carbonyl (C=O) groups excluding carboxylic acids is 1. The van der Waals surface area contributed by atoms with Crippen LogP contribution < -0.4 is 0 Å². The van der Waals surface area contributed by atoms with Gasteiger partial charge >= 0.3 is 0 Å². The van der Waals surface area contributed by atoms with E-state index in [4.69, 9.17) is 9.68 Å². The van der Waals surface area contributed by atoms with E-state index >= 15 is 0 Å². The zero-order valence-corrected chi connectivity index (χ0v) is 16.1. The van der Waals surface area contributed by atoms with E-state index in [9.17, 15) is 4.79 Å². The van der Waals surface area contributed by atoms with Crippen molar-refractivity contribution in [2.45, 2.75) is 40.2 Å². The monoisotopic (exact) mass is 360 g/mol. The largest absolute Gasteiger partial charge is 0.464 e. The van der Waals surface area contributed by atoms with Crippen LogP contribution in [0.25, 0.3) is 11.0 Å². The molecule has 0 N–H and O–H groups in total. The Bertz CT molecular complexity index is 994. The Kier molecular flexibility index (Phi) is 5.61. The van der Waals surface area contributed by atoms with E-state index in [1.54, 1.807) is 18.4 Å². The fraction of sp³-hybridized carbons (Fsp3) is 0.304. The van der Waals surface area contributed by atoms with Crippen molar-refractivity contribution >= 4 is 16.9 Å². The molecule has 0 aliphatic rings. The molecule has 3 aromatic rings. The van der Waals surface area contributed by atoms with E-state index in [1.807, 2.05) is 23.1 Å². The molecule has 27 heavy (non-hydrogen) atoms. The van der Waals surface area contributed by atoms with E-state index in [-0.39, 0.29) is 5.91 Å². The summed E-state index contributed by atoms with van der Waals surface area (Å²) in [4.78, 5) is 14.8. The fourth-order valence-corrected chi connectivity index (χ4v) is 3.21. The van der Waals surface area contributed by atoms with Gasteiger partial charge in [-0.15, -0.1) is 0 Å². The maximum Gasteiger partial charge on any atom is 0.227 e. The van der Waals surface area contributed by atoms with E-state index in [2.05, 4.69) is 32.9 Å². The van der Waals surface area contributed by atoms with Crippen LogP contribution in [-0.4, -0.2) is 17.4 Å². The minimum atomic E-state index is 0.0853. The second-order valence-electron chi connectivity index (χ2n) is 6.99. The molecule has 0 aliphatic heterocycles. The third kappa shape index (κ3) is 4.20. The first-order valence-electron chi connectivity index (χ1n) is 9.26. The van der Waals surface area contributed by atoms with E-state index in [0.29, 0.717) is 25.1 Å². The molecule has 0 saturated heterocycles. The van der Waals surface area contributed by atoms with Gasteiger partial charge in [-0.05, 0) is 61.2 Å². The van der Waals surface area contributed by atoms with Gasteiger partial charge in [-0.2, -0.15) is 5.26 Å². The lowest BCUT2D eigenvalue weighted by Gasteiger charge is -2.22. The zero-order chi connectivity index (χ0) is 19.4. The molecular weight excluding hydrogens is 336 g/mol. The predicted molar refractivity (Wildman–Crippen MR) is 106 cm³/mol. The Hall–Kier alpha value is -3.06. The number of fused-ring (bicyclic) bond motifs is 1. The SMILES string of the molecule is CCCN(Cc1ccc(C#N)cc1)C(=O)Cc1coc2cc(C)c(C)cc12. The summed E-state index contributed by atoms with van der Waals surface area (Å²) in [5.74, 6) is 0.0853. The van der Waals surface area contributed by atoms with Gasteiger partial charge in [-0.1, -0.05) is 19.1 Å². The number of amides is 1. The number of hydrogen-bond donors (Lipinski definition) is 0. The van der Waals surface area contributed by atoms with Crippen molar-refractivity contribution in [2.75, 3.05) is 6.54 Å². The highest BCUT2D eigenvalue weighted by atomic mass is 16.3. The quantitative estimate of drug-likeness (QED) is 0.628. The normalized spacial score (nSPS) is 10.7. The molecule has 1 aromatic heterocycles. The van der Waals surface area contributed by atoms with E-state index in [1.165, 1.54) is 11.1 Å².